The Labute approximate surface area is 122 Å². The Morgan fingerprint density at radius 1 is 1.33 bits per heavy atom. The predicted molar refractivity (Wildman–Crippen MR) is 73.5 cm³/mol. The highest BCUT2D eigenvalue weighted by Gasteiger charge is 2.48. The fourth-order valence-electron chi connectivity index (χ4n) is 3.41. The number of nitrogens with zero attached hydrogens (tertiary/aromatic N) is 1. The first-order valence-electron chi connectivity index (χ1n) is 6.90. The fourth-order valence-corrected chi connectivity index (χ4v) is 5.88. The van der Waals surface area contributed by atoms with Gasteiger partial charge in [-0.3, -0.25) is 4.79 Å². The van der Waals surface area contributed by atoms with Crippen molar-refractivity contribution in [1.82, 2.24) is 4.98 Å². The van der Waals surface area contributed by atoms with Crippen molar-refractivity contribution in [3.63, 3.8) is 0 Å². The molecule has 21 heavy (non-hydrogen) atoms. The summed E-state index contributed by atoms with van der Waals surface area (Å²) in [7, 11) is -1.71. The van der Waals surface area contributed by atoms with Crippen LogP contribution in [0, 0.1) is 11.7 Å². The highest BCUT2D eigenvalue weighted by Crippen LogP contribution is 2.42. The van der Waals surface area contributed by atoms with Gasteiger partial charge >= 0.3 is 0 Å². The molecule has 0 radical (unpaired) electrons. The number of halogens is 1. The van der Waals surface area contributed by atoms with Crippen LogP contribution in [0.15, 0.2) is 12.3 Å². The molecular weight excluding hydrogens is 297 g/mol. The number of ketones is 1. The van der Waals surface area contributed by atoms with Gasteiger partial charge in [0.25, 0.3) is 0 Å². The first-order valence-corrected chi connectivity index (χ1v) is 8.51. The van der Waals surface area contributed by atoms with Crippen molar-refractivity contribution in [2.75, 3.05) is 7.11 Å². The summed E-state index contributed by atoms with van der Waals surface area (Å²) in [6.07, 6.45) is 2.87. The number of sulfone groups is 1. The molecular formula is C14H16FNO4S. The second-order valence-corrected chi connectivity index (χ2v) is 8.16. The van der Waals surface area contributed by atoms with Crippen molar-refractivity contribution < 1.29 is 22.3 Å². The molecule has 2 bridgehead atoms. The SMILES string of the molecule is COc1ncc(F)cc1C(=O)C1CC2CCC(C1)S2(=O)=O. The highest BCUT2D eigenvalue weighted by molar-refractivity contribution is 7.93. The van der Waals surface area contributed by atoms with Gasteiger partial charge in [-0.05, 0) is 31.7 Å². The van der Waals surface area contributed by atoms with Crippen LogP contribution in [0.3, 0.4) is 0 Å². The van der Waals surface area contributed by atoms with Crippen LogP contribution in [-0.2, 0) is 9.84 Å². The van der Waals surface area contributed by atoms with E-state index in [1.165, 1.54) is 7.11 Å². The van der Waals surface area contributed by atoms with Gasteiger partial charge in [0.2, 0.25) is 5.88 Å². The first kappa shape index (κ1) is 14.4. The first-order chi connectivity index (χ1) is 9.93. The quantitative estimate of drug-likeness (QED) is 0.795. The van der Waals surface area contributed by atoms with Gasteiger partial charge in [0.1, 0.15) is 5.82 Å². The minimum Gasteiger partial charge on any atom is -0.480 e. The van der Waals surface area contributed by atoms with Crippen LogP contribution in [0.1, 0.15) is 36.0 Å². The fraction of sp³-hybridized carbons (Fsp3) is 0.571. The van der Waals surface area contributed by atoms with Crippen LogP contribution >= 0.6 is 0 Å². The molecule has 2 aliphatic heterocycles. The normalized spacial score (nSPS) is 30.1. The van der Waals surface area contributed by atoms with Crippen molar-refractivity contribution in [2.45, 2.75) is 36.2 Å². The predicted octanol–water partition coefficient (Wildman–Crippen LogP) is 1.77. The number of pyridine rings is 1. The van der Waals surface area contributed by atoms with Crippen molar-refractivity contribution in [1.29, 1.82) is 0 Å². The van der Waals surface area contributed by atoms with Gasteiger partial charge in [-0.25, -0.2) is 17.8 Å². The van der Waals surface area contributed by atoms with Crippen molar-refractivity contribution >= 4 is 15.6 Å². The third-order valence-corrected chi connectivity index (χ3v) is 7.20. The van der Waals surface area contributed by atoms with Crippen LogP contribution in [0.4, 0.5) is 4.39 Å². The zero-order chi connectivity index (χ0) is 15.2. The van der Waals surface area contributed by atoms with Crippen molar-refractivity contribution in [3.8, 4) is 5.88 Å². The molecule has 2 unspecified atom stereocenters. The average molecular weight is 313 g/mol. The lowest BCUT2D eigenvalue weighted by Crippen LogP contribution is -2.36. The maximum absolute atomic E-state index is 13.3. The summed E-state index contributed by atoms with van der Waals surface area (Å²) in [5.41, 5.74) is 0.0983. The summed E-state index contributed by atoms with van der Waals surface area (Å²) in [4.78, 5) is 16.3. The zero-order valence-electron chi connectivity index (χ0n) is 11.6. The van der Waals surface area contributed by atoms with Crippen LogP contribution in [0.5, 0.6) is 5.88 Å². The second-order valence-electron chi connectivity index (χ2n) is 5.65. The monoisotopic (exact) mass is 313 g/mol. The van der Waals surface area contributed by atoms with Crippen molar-refractivity contribution in [3.05, 3.63) is 23.6 Å². The Morgan fingerprint density at radius 3 is 2.52 bits per heavy atom. The number of Topliss-reactive ketones (excluding diaryl/α,β-unsaturated/α-hetero) is 1. The molecule has 1 aromatic rings. The second kappa shape index (κ2) is 5.05. The van der Waals surface area contributed by atoms with Gasteiger partial charge in [-0.15, -0.1) is 0 Å². The van der Waals surface area contributed by atoms with Gasteiger partial charge in [0.05, 0.1) is 29.4 Å². The van der Waals surface area contributed by atoms with Gasteiger partial charge in [0, 0.05) is 5.92 Å². The number of methoxy groups -OCH3 is 1. The smallest absolute Gasteiger partial charge is 0.224 e. The molecule has 1 aromatic heterocycles. The summed E-state index contributed by atoms with van der Waals surface area (Å²) in [6.45, 7) is 0. The number of carbonyl (C=O) groups excluding carboxylic acids is 1. The molecule has 0 aromatic carbocycles. The molecule has 2 fully saturated rings. The van der Waals surface area contributed by atoms with E-state index in [-0.39, 0.29) is 17.2 Å². The topological polar surface area (TPSA) is 73.3 Å². The van der Waals surface area contributed by atoms with E-state index in [0.29, 0.717) is 25.7 Å². The van der Waals surface area contributed by atoms with E-state index in [9.17, 15) is 17.6 Å². The van der Waals surface area contributed by atoms with Crippen LogP contribution in [-0.4, -0.2) is 36.8 Å². The number of fused-ring (bicyclic) bond motifs is 2. The Bertz CT molecular complexity index is 668. The molecule has 5 nitrogen and oxygen atoms in total. The molecule has 2 aliphatic rings. The molecule has 2 atom stereocenters. The lowest BCUT2D eigenvalue weighted by molar-refractivity contribution is 0.0901. The molecule has 0 N–H and O–H groups in total. The van der Waals surface area contributed by atoms with Gasteiger partial charge < -0.3 is 4.74 Å². The molecule has 3 heterocycles. The number of carbonyl (C=O) groups is 1. The Balaban J connectivity index is 1.89. The van der Waals surface area contributed by atoms with Crippen LogP contribution < -0.4 is 4.74 Å². The summed E-state index contributed by atoms with van der Waals surface area (Å²) < 4.78 is 42.4. The maximum atomic E-state index is 13.3. The minimum absolute atomic E-state index is 0.0853. The number of rotatable bonds is 3. The van der Waals surface area contributed by atoms with Crippen LogP contribution in [0.2, 0.25) is 0 Å². The summed E-state index contributed by atoms with van der Waals surface area (Å²) in [5, 5.41) is -0.865. The average Bonchev–Trinajstić information content (AvgIpc) is 2.66. The molecule has 3 rings (SSSR count). The summed E-state index contributed by atoms with van der Waals surface area (Å²) in [5.74, 6) is -1.19. The summed E-state index contributed by atoms with van der Waals surface area (Å²) in [6, 6.07) is 1.11. The Kier molecular flexibility index (Phi) is 3.47. The maximum Gasteiger partial charge on any atom is 0.224 e. The highest BCUT2D eigenvalue weighted by atomic mass is 32.2. The van der Waals surface area contributed by atoms with E-state index in [4.69, 9.17) is 4.74 Å². The molecule has 7 heteroatoms. The van der Waals surface area contributed by atoms with Gasteiger partial charge in [-0.2, -0.15) is 0 Å². The zero-order valence-corrected chi connectivity index (χ0v) is 12.4. The molecule has 0 saturated carbocycles. The van der Waals surface area contributed by atoms with E-state index < -0.39 is 32.1 Å². The lowest BCUT2D eigenvalue weighted by atomic mass is 9.90. The molecule has 0 amide bonds. The molecule has 0 spiro atoms. The molecule has 2 saturated heterocycles. The van der Waals surface area contributed by atoms with E-state index in [0.717, 1.165) is 12.3 Å². The number of aromatic nitrogens is 1. The van der Waals surface area contributed by atoms with E-state index >= 15 is 0 Å². The van der Waals surface area contributed by atoms with Crippen LogP contribution in [0.25, 0.3) is 0 Å². The standard InChI is InChI=1S/C14H16FNO4S/c1-20-14-12(6-9(15)7-16-14)13(17)8-4-10-2-3-11(5-8)21(10,18)19/h6-8,10-11H,2-5H2,1H3. The van der Waals surface area contributed by atoms with E-state index in [2.05, 4.69) is 4.98 Å². The van der Waals surface area contributed by atoms with Gasteiger partial charge in [0.15, 0.2) is 15.6 Å². The Morgan fingerprint density at radius 2 is 1.95 bits per heavy atom. The minimum atomic E-state index is -3.07. The number of ether oxygens (including phenoxy) is 1. The number of hydrogen-bond acceptors (Lipinski definition) is 5. The van der Waals surface area contributed by atoms with Gasteiger partial charge in [-0.1, -0.05) is 0 Å². The lowest BCUT2D eigenvalue weighted by Gasteiger charge is -2.27. The summed E-state index contributed by atoms with van der Waals surface area (Å²) >= 11 is 0. The van der Waals surface area contributed by atoms with E-state index in [1.54, 1.807) is 0 Å². The largest absolute Gasteiger partial charge is 0.480 e. The molecule has 114 valence electrons. The molecule has 0 aliphatic carbocycles. The number of hydrogen-bond donors (Lipinski definition) is 0. The Hall–Kier alpha value is -1.50. The third kappa shape index (κ3) is 2.33. The third-order valence-electron chi connectivity index (χ3n) is 4.48. The van der Waals surface area contributed by atoms with Crippen molar-refractivity contribution in [2.24, 2.45) is 5.92 Å². The van der Waals surface area contributed by atoms with E-state index in [1.807, 2.05) is 0 Å².